The molecule has 35 heavy (non-hydrogen) atoms. The largest absolute Gasteiger partial charge is 0.349 e. The molecule has 0 aromatic heterocycles. The van der Waals surface area contributed by atoms with Crippen molar-refractivity contribution in [1.29, 1.82) is 0 Å². The van der Waals surface area contributed by atoms with Crippen LogP contribution >= 0.6 is 0 Å². The van der Waals surface area contributed by atoms with Gasteiger partial charge in [0.15, 0.2) is 0 Å². The fourth-order valence-corrected chi connectivity index (χ4v) is 6.14. The summed E-state index contributed by atoms with van der Waals surface area (Å²) in [5.74, 6) is 0.546. The normalized spacial score (nSPS) is 27.6. The molecule has 4 rings (SSSR count). The zero-order chi connectivity index (χ0) is 24.8. The van der Waals surface area contributed by atoms with E-state index in [1.165, 1.54) is 19.3 Å². The number of benzene rings is 1. The molecule has 4 unspecified atom stereocenters. The third-order valence-electron chi connectivity index (χ3n) is 8.56. The van der Waals surface area contributed by atoms with Gasteiger partial charge in [-0.05, 0) is 68.6 Å². The van der Waals surface area contributed by atoms with Crippen LogP contribution in [-0.2, 0) is 4.79 Å². The zero-order valence-electron chi connectivity index (χ0n) is 21.5. The highest BCUT2D eigenvalue weighted by Gasteiger charge is 2.27. The molecule has 3 saturated carbocycles. The monoisotopic (exact) mass is 481 g/mol. The van der Waals surface area contributed by atoms with Gasteiger partial charge in [0, 0.05) is 34.8 Å². The average molecular weight is 482 g/mol. The first-order chi connectivity index (χ1) is 16.9. The topological polar surface area (TPSA) is 87.3 Å². The molecule has 6 heteroatoms. The molecule has 3 aliphatic carbocycles. The lowest BCUT2D eigenvalue weighted by molar-refractivity contribution is -0.120. The van der Waals surface area contributed by atoms with Crippen molar-refractivity contribution in [3.05, 3.63) is 29.3 Å². The highest BCUT2D eigenvalue weighted by Crippen LogP contribution is 2.28. The summed E-state index contributed by atoms with van der Waals surface area (Å²) in [5, 5.41) is 9.43. The van der Waals surface area contributed by atoms with E-state index in [1.54, 1.807) is 18.2 Å². The van der Waals surface area contributed by atoms with E-state index < -0.39 is 0 Å². The minimum Gasteiger partial charge on any atom is -0.349 e. The van der Waals surface area contributed by atoms with Crippen molar-refractivity contribution in [2.75, 3.05) is 5.32 Å². The van der Waals surface area contributed by atoms with Gasteiger partial charge in [0.2, 0.25) is 5.91 Å². The maximum absolute atomic E-state index is 13.3. The molecule has 0 aliphatic heterocycles. The van der Waals surface area contributed by atoms with Gasteiger partial charge in [0.05, 0.1) is 0 Å². The average Bonchev–Trinajstić information content (AvgIpc) is 2.87. The Morgan fingerprint density at radius 2 is 1.09 bits per heavy atom. The Bertz CT molecular complexity index is 854. The Morgan fingerprint density at radius 3 is 1.57 bits per heavy atom. The molecule has 0 bridgehead atoms. The molecule has 3 amide bonds. The van der Waals surface area contributed by atoms with Crippen molar-refractivity contribution in [3.8, 4) is 0 Å². The molecule has 3 fully saturated rings. The molecule has 0 radical (unpaired) electrons. The predicted molar refractivity (Wildman–Crippen MR) is 139 cm³/mol. The van der Waals surface area contributed by atoms with Crippen LogP contribution in [0.5, 0.6) is 0 Å². The highest BCUT2D eigenvalue weighted by molar-refractivity contribution is 6.03. The summed E-state index contributed by atoms with van der Waals surface area (Å²) < 4.78 is 0. The Balaban J connectivity index is 1.53. The smallest absolute Gasteiger partial charge is 0.251 e. The SMILES string of the molecule is CC1CCCCC1NC(=O)c1cc(NC(=O)C2CCCCC2)cc(C(=O)NC2CCCCC2C)c1. The van der Waals surface area contributed by atoms with Crippen LogP contribution in [0.3, 0.4) is 0 Å². The Kier molecular flexibility index (Phi) is 8.85. The van der Waals surface area contributed by atoms with Gasteiger partial charge in [-0.25, -0.2) is 0 Å². The Labute approximate surface area is 210 Å². The van der Waals surface area contributed by atoms with E-state index in [0.29, 0.717) is 28.7 Å². The van der Waals surface area contributed by atoms with E-state index in [4.69, 9.17) is 0 Å². The Morgan fingerprint density at radius 1 is 0.629 bits per heavy atom. The summed E-state index contributed by atoms with van der Waals surface area (Å²) in [6, 6.07) is 5.43. The van der Waals surface area contributed by atoms with Crippen molar-refractivity contribution in [1.82, 2.24) is 10.6 Å². The summed E-state index contributed by atoms with van der Waals surface area (Å²) in [6.45, 7) is 4.38. The van der Waals surface area contributed by atoms with Gasteiger partial charge in [0.25, 0.3) is 11.8 Å². The summed E-state index contributed by atoms with van der Waals surface area (Å²) in [4.78, 5) is 39.5. The third-order valence-corrected chi connectivity index (χ3v) is 8.56. The van der Waals surface area contributed by atoms with Crippen LogP contribution in [0.4, 0.5) is 5.69 Å². The van der Waals surface area contributed by atoms with Gasteiger partial charge < -0.3 is 16.0 Å². The van der Waals surface area contributed by atoms with Gasteiger partial charge in [0.1, 0.15) is 0 Å². The molecule has 6 nitrogen and oxygen atoms in total. The number of hydrogen-bond acceptors (Lipinski definition) is 3. The molecule has 1 aromatic carbocycles. The molecule has 1 aromatic rings. The summed E-state index contributed by atoms with van der Waals surface area (Å²) >= 11 is 0. The van der Waals surface area contributed by atoms with Gasteiger partial charge >= 0.3 is 0 Å². The molecule has 3 aliphatic rings. The number of carbonyl (C=O) groups excluding carboxylic acids is 3. The van der Waals surface area contributed by atoms with Crippen LogP contribution in [0.15, 0.2) is 18.2 Å². The minimum atomic E-state index is -0.169. The summed E-state index contributed by atoms with van der Waals surface area (Å²) in [7, 11) is 0. The molecular formula is C29H43N3O3. The number of nitrogens with one attached hydrogen (secondary N) is 3. The molecule has 192 valence electrons. The lowest BCUT2D eigenvalue weighted by Gasteiger charge is -2.30. The summed E-state index contributed by atoms with van der Waals surface area (Å²) in [5.41, 5.74) is 1.41. The quantitative estimate of drug-likeness (QED) is 0.478. The van der Waals surface area contributed by atoms with E-state index in [-0.39, 0.29) is 35.7 Å². The number of amides is 3. The van der Waals surface area contributed by atoms with E-state index in [1.807, 2.05) is 0 Å². The van der Waals surface area contributed by atoms with Crippen molar-refractivity contribution in [2.45, 2.75) is 109 Å². The van der Waals surface area contributed by atoms with Gasteiger partial charge in [-0.1, -0.05) is 58.8 Å². The molecular weight excluding hydrogens is 438 g/mol. The lowest BCUT2D eigenvalue weighted by atomic mass is 9.85. The number of hydrogen-bond donors (Lipinski definition) is 3. The van der Waals surface area contributed by atoms with E-state index >= 15 is 0 Å². The number of anilines is 1. The van der Waals surface area contributed by atoms with Crippen LogP contribution in [-0.4, -0.2) is 29.8 Å². The molecule has 0 spiro atoms. The van der Waals surface area contributed by atoms with Crippen LogP contribution in [0.25, 0.3) is 0 Å². The molecule has 4 atom stereocenters. The molecule has 3 N–H and O–H groups in total. The zero-order valence-corrected chi connectivity index (χ0v) is 21.5. The molecule has 0 heterocycles. The first-order valence-electron chi connectivity index (χ1n) is 14.0. The second kappa shape index (κ2) is 12.0. The van der Waals surface area contributed by atoms with Crippen LogP contribution in [0.2, 0.25) is 0 Å². The maximum atomic E-state index is 13.3. The number of rotatable bonds is 6. The van der Waals surface area contributed by atoms with Gasteiger partial charge in [-0.15, -0.1) is 0 Å². The fourth-order valence-electron chi connectivity index (χ4n) is 6.14. The number of carbonyl (C=O) groups is 3. The van der Waals surface area contributed by atoms with E-state index in [9.17, 15) is 14.4 Å². The fraction of sp³-hybridized carbons (Fsp3) is 0.690. The second-order valence-electron chi connectivity index (χ2n) is 11.3. The van der Waals surface area contributed by atoms with Gasteiger partial charge in [-0.2, -0.15) is 0 Å². The maximum Gasteiger partial charge on any atom is 0.251 e. The predicted octanol–water partition coefficient (Wildman–Crippen LogP) is 5.82. The van der Waals surface area contributed by atoms with Crippen LogP contribution in [0, 0.1) is 17.8 Å². The van der Waals surface area contributed by atoms with Crippen molar-refractivity contribution in [3.63, 3.8) is 0 Å². The lowest BCUT2D eigenvalue weighted by Crippen LogP contribution is -2.42. The van der Waals surface area contributed by atoms with Crippen molar-refractivity contribution < 1.29 is 14.4 Å². The highest BCUT2D eigenvalue weighted by atomic mass is 16.2. The summed E-state index contributed by atoms with van der Waals surface area (Å²) in [6.07, 6.45) is 14.0. The van der Waals surface area contributed by atoms with Crippen LogP contribution < -0.4 is 16.0 Å². The van der Waals surface area contributed by atoms with E-state index in [2.05, 4.69) is 29.8 Å². The molecule has 0 saturated heterocycles. The van der Waals surface area contributed by atoms with Crippen molar-refractivity contribution >= 4 is 23.4 Å². The standard InChI is InChI=1S/C29H43N3O3/c1-19-10-6-8-14-25(19)31-28(34)22-16-23(29(35)32-26-15-9-7-11-20(26)2)18-24(17-22)30-27(33)21-12-4-3-5-13-21/h16-21,25-26H,3-15H2,1-2H3,(H,30,33)(H,31,34)(H,32,35). The first-order valence-corrected chi connectivity index (χ1v) is 14.0. The van der Waals surface area contributed by atoms with E-state index in [0.717, 1.165) is 64.2 Å². The third kappa shape index (κ3) is 6.86. The minimum absolute atomic E-state index is 0.00424. The Hall–Kier alpha value is -2.37. The van der Waals surface area contributed by atoms with Gasteiger partial charge in [-0.3, -0.25) is 14.4 Å². The van der Waals surface area contributed by atoms with Crippen LogP contribution in [0.1, 0.15) is 118 Å². The first kappa shape index (κ1) is 25.7. The second-order valence-corrected chi connectivity index (χ2v) is 11.3. The van der Waals surface area contributed by atoms with Crippen molar-refractivity contribution in [2.24, 2.45) is 17.8 Å².